The van der Waals surface area contributed by atoms with Crippen LogP contribution in [0.4, 0.5) is 0 Å². The number of hydrogen-bond donors (Lipinski definition) is 1. The molecule has 10 heteroatoms. The van der Waals surface area contributed by atoms with Crippen LogP contribution in [-0.2, 0) is 14.3 Å². The van der Waals surface area contributed by atoms with Gasteiger partial charge in [0, 0.05) is 31.7 Å². The van der Waals surface area contributed by atoms with Crippen molar-refractivity contribution >= 4 is 17.4 Å². The van der Waals surface area contributed by atoms with Gasteiger partial charge in [0.15, 0.2) is 23.0 Å². The summed E-state index contributed by atoms with van der Waals surface area (Å²) >= 11 is 0. The van der Waals surface area contributed by atoms with Gasteiger partial charge in [-0.1, -0.05) is 19.4 Å². The number of carbonyl (C=O) groups is 2. The van der Waals surface area contributed by atoms with Gasteiger partial charge in [0.25, 0.3) is 11.7 Å². The van der Waals surface area contributed by atoms with E-state index in [1.807, 2.05) is 19.1 Å². The molecule has 1 amide bonds. The largest absolute Gasteiger partial charge is 0.507 e. The Morgan fingerprint density at radius 1 is 0.927 bits per heavy atom. The standard InChI is InChI=1S/C31H38N2O8/c1-3-5-14-39-23-8-6-21(19-25(23)38-4-2)28-27(29(34)22-7-9-24-26(20-22)41-18-17-40-24)30(35)31(36)33(28)11-10-32-12-15-37-16-13-32/h6-9,19-20,28,34H,3-5,10-18H2,1-2H3/b29-27+/t28-/m0/s1. The van der Waals surface area contributed by atoms with E-state index >= 15 is 0 Å². The number of benzene rings is 2. The molecule has 41 heavy (non-hydrogen) atoms. The maximum Gasteiger partial charge on any atom is 0.295 e. The van der Waals surface area contributed by atoms with Gasteiger partial charge in [-0.3, -0.25) is 14.5 Å². The van der Waals surface area contributed by atoms with E-state index in [0.29, 0.717) is 86.9 Å². The second-order valence-corrected chi connectivity index (χ2v) is 10.1. The fourth-order valence-electron chi connectivity index (χ4n) is 5.29. The van der Waals surface area contributed by atoms with Crippen molar-refractivity contribution in [2.45, 2.75) is 32.7 Å². The lowest BCUT2D eigenvalue weighted by Crippen LogP contribution is -2.42. The van der Waals surface area contributed by atoms with Gasteiger partial charge in [-0.2, -0.15) is 0 Å². The molecule has 0 saturated carbocycles. The van der Waals surface area contributed by atoms with Crippen LogP contribution in [-0.4, -0.2) is 92.4 Å². The summed E-state index contributed by atoms with van der Waals surface area (Å²) in [5.74, 6) is 0.524. The smallest absolute Gasteiger partial charge is 0.295 e. The lowest BCUT2D eigenvalue weighted by Gasteiger charge is -2.31. The molecule has 5 rings (SSSR count). The van der Waals surface area contributed by atoms with E-state index in [1.54, 1.807) is 29.2 Å². The minimum absolute atomic E-state index is 0.0238. The zero-order valence-electron chi connectivity index (χ0n) is 23.7. The van der Waals surface area contributed by atoms with E-state index in [1.165, 1.54) is 0 Å². The minimum Gasteiger partial charge on any atom is -0.507 e. The zero-order valence-corrected chi connectivity index (χ0v) is 23.7. The first kappa shape index (κ1) is 28.8. The summed E-state index contributed by atoms with van der Waals surface area (Å²) in [4.78, 5) is 30.8. The van der Waals surface area contributed by atoms with Crippen molar-refractivity contribution < 1.29 is 38.4 Å². The predicted molar refractivity (Wildman–Crippen MR) is 152 cm³/mol. The maximum absolute atomic E-state index is 13.6. The lowest BCUT2D eigenvalue weighted by molar-refractivity contribution is -0.140. The van der Waals surface area contributed by atoms with Crippen LogP contribution in [0.15, 0.2) is 42.0 Å². The normalized spacial score (nSPS) is 20.3. The highest BCUT2D eigenvalue weighted by Gasteiger charge is 2.46. The number of rotatable bonds is 11. The number of ether oxygens (including phenoxy) is 5. The summed E-state index contributed by atoms with van der Waals surface area (Å²) in [7, 11) is 0. The van der Waals surface area contributed by atoms with Gasteiger partial charge in [-0.15, -0.1) is 0 Å². The lowest BCUT2D eigenvalue weighted by atomic mass is 9.94. The molecule has 3 aliphatic rings. The second kappa shape index (κ2) is 13.3. The van der Waals surface area contributed by atoms with Crippen molar-refractivity contribution in [2.75, 3.05) is 65.8 Å². The fraction of sp³-hybridized carbons (Fsp3) is 0.484. The molecule has 0 aliphatic carbocycles. The molecule has 220 valence electrons. The van der Waals surface area contributed by atoms with Gasteiger partial charge in [0.05, 0.1) is 38.0 Å². The number of ketones is 1. The quantitative estimate of drug-likeness (QED) is 0.188. The first-order valence-corrected chi connectivity index (χ1v) is 14.4. The number of amides is 1. The molecule has 1 N–H and O–H groups in total. The van der Waals surface area contributed by atoms with Crippen LogP contribution in [0.1, 0.15) is 43.9 Å². The molecular formula is C31H38N2O8. The van der Waals surface area contributed by atoms with Crippen molar-refractivity contribution in [1.82, 2.24) is 9.80 Å². The molecule has 0 aromatic heterocycles. The van der Waals surface area contributed by atoms with Crippen LogP contribution >= 0.6 is 0 Å². The number of hydrogen-bond acceptors (Lipinski definition) is 9. The molecule has 1 atom stereocenters. The van der Waals surface area contributed by atoms with Crippen LogP contribution in [0.2, 0.25) is 0 Å². The number of nitrogens with zero attached hydrogens (tertiary/aromatic N) is 2. The maximum atomic E-state index is 13.6. The fourth-order valence-corrected chi connectivity index (χ4v) is 5.29. The number of likely N-dealkylation sites (tertiary alicyclic amines) is 1. The van der Waals surface area contributed by atoms with Crippen molar-refractivity contribution in [3.8, 4) is 23.0 Å². The van der Waals surface area contributed by atoms with E-state index in [0.717, 1.165) is 25.9 Å². The highest BCUT2D eigenvalue weighted by molar-refractivity contribution is 6.46. The summed E-state index contributed by atoms with van der Waals surface area (Å²) in [5, 5.41) is 11.5. The summed E-state index contributed by atoms with van der Waals surface area (Å²) in [6, 6.07) is 9.63. The molecule has 10 nitrogen and oxygen atoms in total. The molecule has 2 saturated heterocycles. The highest BCUT2D eigenvalue weighted by atomic mass is 16.6. The number of aliphatic hydroxyl groups is 1. The number of fused-ring (bicyclic) bond motifs is 1. The van der Waals surface area contributed by atoms with E-state index in [2.05, 4.69) is 11.8 Å². The van der Waals surface area contributed by atoms with Gasteiger partial charge in [-0.05, 0) is 49.2 Å². The van der Waals surface area contributed by atoms with Crippen molar-refractivity contribution in [2.24, 2.45) is 0 Å². The Kier molecular flexibility index (Phi) is 9.31. The Morgan fingerprint density at radius 3 is 2.46 bits per heavy atom. The average molecular weight is 567 g/mol. The van der Waals surface area contributed by atoms with E-state index < -0.39 is 17.7 Å². The monoisotopic (exact) mass is 566 g/mol. The molecule has 0 unspecified atom stereocenters. The Labute approximate surface area is 240 Å². The van der Waals surface area contributed by atoms with Crippen LogP contribution in [0, 0.1) is 0 Å². The molecule has 0 radical (unpaired) electrons. The Balaban J connectivity index is 1.55. The number of morpholine rings is 1. The van der Waals surface area contributed by atoms with Crippen LogP contribution in [0.25, 0.3) is 5.76 Å². The van der Waals surface area contributed by atoms with Gasteiger partial charge in [0.1, 0.15) is 19.0 Å². The second-order valence-electron chi connectivity index (χ2n) is 10.1. The Morgan fingerprint density at radius 2 is 1.71 bits per heavy atom. The van der Waals surface area contributed by atoms with Gasteiger partial charge >= 0.3 is 0 Å². The molecular weight excluding hydrogens is 528 g/mol. The van der Waals surface area contributed by atoms with Crippen molar-refractivity contribution in [1.29, 1.82) is 0 Å². The zero-order chi connectivity index (χ0) is 28.8. The number of carbonyl (C=O) groups excluding carboxylic acids is 2. The molecule has 0 spiro atoms. The van der Waals surface area contributed by atoms with Gasteiger partial charge < -0.3 is 33.7 Å². The van der Waals surface area contributed by atoms with E-state index in [-0.39, 0.29) is 11.3 Å². The molecule has 0 bridgehead atoms. The Hall–Kier alpha value is -3.76. The summed E-state index contributed by atoms with van der Waals surface area (Å²) in [5.41, 5.74) is 1.04. The van der Waals surface area contributed by atoms with Crippen LogP contribution < -0.4 is 18.9 Å². The van der Waals surface area contributed by atoms with E-state index in [4.69, 9.17) is 23.7 Å². The number of aliphatic hydroxyl groups excluding tert-OH is 1. The molecule has 2 aromatic rings. The van der Waals surface area contributed by atoms with Gasteiger partial charge in [0.2, 0.25) is 0 Å². The SMILES string of the molecule is CCCCOc1ccc([C@H]2/C(=C(\O)c3ccc4c(c3)OCCO4)C(=O)C(=O)N2CCN2CCOCC2)cc1OCC. The van der Waals surface area contributed by atoms with Crippen LogP contribution in [0.5, 0.6) is 23.0 Å². The minimum atomic E-state index is -0.812. The molecule has 2 aromatic carbocycles. The molecule has 3 heterocycles. The molecule has 2 fully saturated rings. The highest BCUT2D eigenvalue weighted by Crippen LogP contribution is 2.43. The molecule has 3 aliphatic heterocycles. The third kappa shape index (κ3) is 6.28. The number of unbranched alkanes of at least 4 members (excludes halogenated alkanes) is 1. The van der Waals surface area contributed by atoms with Crippen molar-refractivity contribution in [3.05, 3.63) is 53.1 Å². The summed E-state index contributed by atoms with van der Waals surface area (Å²) < 4.78 is 28.6. The van der Waals surface area contributed by atoms with Gasteiger partial charge in [-0.25, -0.2) is 0 Å². The van der Waals surface area contributed by atoms with Crippen molar-refractivity contribution in [3.63, 3.8) is 0 Å². The average Bonchev–Trinajstić information content (AvgIpc) is 3.26. The summed E-state index contributed by atoms with van der Waals surface area (Å²) in [6.45, 7) is 9.43. The first-order chi connectivity index (χ1) is 20.0. The predicted octanol–water partition coefficient (Wildman–Crippen LogP) is 3.79. The Bertz CT molecular complexity index is 1290. The van der Waals surface area contributed by atoms with Crippen LogP contribution in [0.3, 0.4) is 0 Å². The third-order valence-corrected chi connectivity index (χ3v) is 7.46. The summed E-state index contributed by atoms with van der Waals surface area (Å²) in [6.07, 6.45) is 1.91. The number of Topliss-reactive ketones (excluding diaryl/α,β-unsaturated/α-hetero) is 1. The van der Waals surface area contributed by atoms with E-state index in [9.17, 15) is 14.7 Å². The first-order valence-electron chi connectivity index (χ1n) is 14.4. The topological polar surface area (TPSA) is 107 Å². The third-order valence-electron chi connectivity index (χ3n) is 7.46.